The second-order valence-electron chi connectivity index (χ2n) is 1.52. The Balaban J connectivity index is 3.64. The van der Waals surface area contributed by atoms with Gasteiger partial charge in [0.15, 0.2) is 0 Å². The van der Waals surface area contributed by atoms with Crippen LogP contribution in [-0.4, -0.2) is 22.6 Å². The summed E-state index contributed by atoms with van der Waals surface area (Å²) in [6, 6.07) is 0. The van der Waals surface area contributed by atoms with Crippen LogP contribution >= 0.6 is 12.6 Å². The van der Waals surface area contributed by atoms with E-state index in [0.29, 0.717) is 11.6 Å². The number of aliphatic hydroxyl groups excluding tert-OH is 1. The molecule has 0 aliphatic rings. The Kier molecular flexibility index (Phi) is 4.29. The van der Waals surface area contributed by atoms with E-state index in [2.05, 4.69) is 12.6 Å². The van der Waals surface area contributed by atoms with Gasteiger partial charge in [0.2, 0.25) is 0 Å². The molecular formula is C4H11N3OS. The molecule has 0 spiro atoms. The number of nitrogens with two attached hydrogens (primary N) is 2. The van der Waals surface area contributed by atoms with Gasteiger partial charge in [0.1, 0.15) is 0 Å². The van der Waals surface area contributed by atoms with E-state index in [1.165, 1.54) is 11.2 Å². The molecule has 0 unspecified atom stereocenters. The number of hydrazine groups is 1. The second-order valence-corrected chi connectivity index (χ2v) is 1.80. The summed E-state index contributed by atoms with van der Waals surface area (Å²) < 4.78 is 0. The van der Waals surface area contributed by atoms with Crippen LogP contribution in [0.2, 0.25) is 0 Å². The molecular weight excluding hydrogens is 138 g/mol. The third kappa shape index (κ3) is 4.14. The zero-order valence-electron chi connectivity index (χ0n) is 4.99. The lowest BCUT2D eigenvalue weighted by Crippen LogP contribution is -2.25. The minimum atomic E-state index is -0.179. The minimum Gasteiger partial charge on any atom is -0.399 e. The lowest BCUT2D eigenvalue weighted by molar-refractivity contribution is 0.324. The van der Waals surface area contributed by atoms with Crippen molar-refractivity contribution in [1.82, 2.24) is 5.01 Å². The molecule has 5 N–H and O–H groups in total. The Morgan fingerprint density at radius 1 is 1.78 bits per heavy atom. The van der Waals surface area contributed by atoms with Gasteiger partial charge in [-0.25, -0.2) is 5.84 Å². The average molecular weight is 149 g/mol. The number of hydrogen-bond donors (Lipinski definition) is 4. The second kappa shape index (κ2) is 4.49. The number of hydrogen-bond acceptors (Lipinski definition) is 5. The van der Waals surface area contributed by atoms with Gasteiger partial charge in [0.25, 0.3) is 0 Å². The van der Waals surface area contributed by atoms with Crippen molar-refractivity contribution in [2.45, 2.75) is 0 Å². The summed E-state index contributed by atoms with van der Waals surface area (Å²) in [7, 11) is 0. The fourth-order valence-corrected chi connectivity index (χ4v) is 0.376. The zero-order valence-corrected chi connectivity index (χ0v) is 5.88. The third-order valence-electron chi connectivity index (χ3n) is 0.678. The summed E-state index contributed by atoms with van der Waals surface area (Å²) in [6.07, 6.45) is 1.42. The minimum absolute atomic E-state index is 0.179. The van der Waals surface area contributed by atoms with Crippen LogP contribution in [0.15, 0.2) is 11.9 Å². The quantitative estimate of drug-likeness (QED) is 0.177. The molecule has 0 saturated heterocycles. The highest BCUT2D eigenvalue weighted by molar-refractivity contribution is 7.80. The molecule has 5 heteroatoms. The van der Waals surface area contributed by atoms with Crippen molar-refractivity contribution in [3.8, 4) is 0 Å². The predicted octanol–water partition coefficient (Wildman–Crippen LogP) is -1.16. The molecule has 9 heavy (non-hydrogen) atoms. The van der Waals surface area contributed by atoms with E-state index in [-0.39, 0.29) is 6.61 Å². The van der Waals surface area contributed by atoms with Crippen LogP contribution in [0, 0.1) is 0 Å². The lowest BCUT2D eigenvalue weighted by Gasteiger charge is -2.09. The molecule has 4 nitrogen and oxygen atoms in total. The fourth-order valence-electron chi connectivity index (χ4n) is 0.295. The monoisotopic (exact) mass is 149 g/mol. The van der Waals surface area contributed by atoms with Gasteiger partial charge in [-0.1, -0.05) is 0 Å². The Hall–Kier alpha value is -0.390. The van der Waals surface area contributed by atoms with Crippen molar-refractivity contribution in [1.29, 1.82) is 0 Å². The number of rotatable bonds is 3. The van der Waals surface area contributed by atoms with E-state index in [9.17, 15) is 0 Å². The largest absolute Gasteiger partial charge is 0.399 e. The number of thiol groups is 1. The maximum absolute atomic E-state index is 8.38. The molecule has 0 aromatic rings. The molecule has 0 aromatic carbocycles. The third-order valence-corrected chi connectivity index (χ3v) is 1.00. The van der Waals surface area contributed by atoms with Crippen molar-refractivity contribution >= 4 is 12.6 Å². The van der Waals surface area contributed by atoms with Crippen molar-refractivity contribution in [3.63, 3.8) is 0 Å². The molecule has 54 valence electrons. The Morgan fingerprint density at radius 3 is 2.67 bits per heavy atom. The summed E-state index contributed by atoms with van der Waals surface area (Å²) in [6.45, 7) is -0.179. The lowest BCUT2D eigenvalue weighted by atomic mass is 10.5. The summed E-state index contributed by atoms with van der Waals surface area (Å²) >= 11 is 3.85. The van der Waals surface area contributed by atoms with Crippen LogP contribution in [0.4, 0.5) is 0 Å². The van der Waals surface area contributed by atoms with Crippen LogP contribution in [0.5, 0.6) is 0 Å². The number of nitrogens with zero attached hydrogens (tertiary/aromatic N) is 1. The van der Waals surface area contributed by atoms with Gasteiger partial charge < -0.3 is 15.8 Å². The van der Waals surface area contributed by atoms with Gasteiger partial charge in [-0.2, -0.15) is 12.6 Å². The molecule has 0 bridgehead atoms. The molecule has 0 atom stereocenters. The van der Waals surface area contributed by atoms with Gasteiger partial charge in [-0.3, -0.25) is 0 Å². The first-order valence-electron chi connectivity index (χ1n) is 2.40. The van der Waals surface area contributed by atoms with Gasteiger partial charge in [0.05, 0.1) is 18.2 Å². The van der Waals surface area contributed by atoms with Crippen LogP contribution < -0.4 is 11.6 Å². The molecule has 0 radical (unpaired) electrons. The summed E-state index contributed by atoms with van der Waals surface area (Å²) in [5.74, 6) is 5.61. The Labute approximate surface area is 59.5 Å². The van der Waals surface area contributed by atoms with Crippen LogP contribution in [-0.2, 0) is 0 Å². The molecule has 0 aromatic heterocycles. The molecule has 0 fully saturated rings. The first-order valence-corrected chi connectivity index (χ1v) is 3.03. The predicted molar refractivity (Wildman–Crippen MR) is 39.2 cm³/mol. The maximum Gasteiger partial charge on any atom is 0.0840 e. The van der Waals surface area contributed by atoms with Gasteiger partial charge in [0, 0.05) is 6.20 Å². The van der Waals surface area contributed by atoms with E-state index in [0.717, 1.165) is 0 Å². The molecule has 0 amide bonds. The Bertz CT molecular complexity index is 106. The van der Waals surface area contributed by atoms with E-state index < -0.39 is 0 Å². The summed E-state index contributed by atoms with van der Waals surface area (Å²) in [4.78, 5) is 0. The average Bonchev–Trinajstić information content (AvgIpc) is 1.87. The highest BCUT2D eigenvalue weighted by Gasteiger charge is 1.88. The normalized spacial score (nSPS) is 11.7. The fraction of sp³-hybridized carbons (Fsp3) is 0.500. The van der Waals surface area contributed by atoms with Crippen LogP contribution in [0.3, 0.4) is 0 Å². The maximum atomic E-state index is 8.38. The van der Waals surface area contributed by atoms with Crippen molar-refractivity contribution in [3.05, 3.63) is 11.9 Å². The molecule has 0 rings (SSSR count). The Morgan fingerprint density at radius 2 is 2.33 bits per heavy atom. The van der Waals surface area contributed by atoms with Gasteiger partial charge in [-0.15, -0.1) is 0 Å². The van der Waals surface area contributed by atoms with Crippen LogP contribution in [0.1, 0.15) is 0 Å². The standard InChI is InChI=1S/C4H11N3OS/c5-4(2-8)1-7(6)3-9/h1,8-9H,2-3,5-6H2/b4-1-. The van der Waals surface area contributed by atoms with E-state index in [4.69, 9.17) is 16.7 Å². The van der Waals surface area contributed by atoms with Crippen LogP contribution in [0.25, 0.3) is 0 Å². The van der Waals surface area contributed by atoms with E-state index >= 15 is 0 Å². The molecule has 0 aliphatic heterocycles. The highest BCUT2D eigenvalue weighted by Crippen LogP contribution is 1.86. The first-order chi connectivity index (χ1) is 4.20. The molecule has 0 aliphatic carbocycles. The SMILES string of the molecule is N/C(=C\N(N)CS)CO. The summed E-state index contributed by atoms with van der Waals surface area (Å²) in [5, 5.41) is 9.65. The van der Waals surface area contributed by atoms with Crippen molar-refractivity contribution in [2.24, 2.45) is 11.6 Å². The highest BCUT2D eigenvalue weighted by atomic mass is 32.1. The first kappa shape index (κ1) is 8.61. The number of aliphatic hydroxyl groups is 1. The summed E-state index contributed by atoms with van der Waals surface area (Å²) in [5.41, 5.74) is 5.53. The van der Waals surface area contributed by atoms with Gasteiger partial charge >= 0.3 is 0 Å². The van der Waals surface area contributed by atoms with Crippen molar-refractivity contribution < 1.29 is 5.11 Å². The van der Waals surface area contributed by atoms with Gasteiger partial charge in [-0.05, 0) is 0 Å². The van der Waals surface area contributed by atoms with E-state index in [1.54, 1.807) is 0 Å². The zero-order chi connectivity index (χ0) is 7.28. The topological polar surface area (TPSA) is 75.5 Å². The van der Waals surface area contributed by atoms with Crippen molar-refractivity contribution in [2.75, 3.05) is 12.5 Å². The molecule has 0 heterocycles. The van der Waals surface area contributed by atoms with E-state index in [1.807, 2.05) is 0 Å². The molecule has 0 saturated carbocycles. The smallest absolute Gasteiger partial charge is 0.0840 e.